The Morgan fingerprint density at radius 1 is 1.21 bits per heavy atom. The lowest BCUT2D eigenvalue weighted by Crippen LogP contribution is -2.35. The molecule has 1 heterocycles. The molecule has 1 aliphatic rings. The SMILES string of the molecule is CCOC(C)(C)CCNC(=O)c1ccc(C2(C(F)(F)F)NN2)cc1. The topological polar surface area (TPSA) is 82.2 Å². The summed E-state index contributed by atoms with van der Waals surface area (Å²) in [5.41, 5.74) is 2.04. The zero-order chi connectivity index (χ0) is 18.0. The Morgan fingerprint density at radius 2 is 1.79 bits per heavy atom. The van der Waals surface area contributed by atoms with Gasteiger partial charge in [0.25, 0.3) is 5.91 Å². The summed E-state index contributed by atoms with van der Waals surface area (Å²) in [6.07, 6.45) is -3.82. The molecule has 1 fully saturated rings. The molecule has 0 unspecified atom stereocenters. The highest BCUT2D eigenvalue weighted by atomic mass is 19.4. The van der Waals surface area contributed by atoms with Crippen LogP contribution in [0.15, 0.2) is 24.3 Å². The number of alkyl halides is 3. The van der Waals surface area contributed by atoms with Gasteiger partial charge in [0.05, 0.1) is 5.60 Å². The average Bonchev–Trinajstić information content (AvgIpc) is 3.28. The highest BCUT2D eigenvalue weighted by molar-refractivity contribution is 5.94. The van der Waals surface area contributed by atoms with E-state index in [1.54, 1.807) is 0 Å². The maximum Gasteiger partial charge on any atom is 0.426 e. The van der Waals surface area contributed by atoms with Crippen molar-refractivity contribution in [1.29, 1.82) is 0 Å². The number of amides is 1. The lowest BCUT2D eigenvalue weighted by molar-refractivity contribution is -0.165. The van der Waals surface area contributed by atoms with Crippen LogP contribution < -0.4 is 16.2 Å². The summed E-state index contributed by atoms with van der Waals surface area (Å²) in [7, 11) is 0. The first-order valence-corrected chi connectivity index (χ1v) is 7.75. The third kappa shape index (κ3) is 4.06. The Balaban J connectivity index is 1.93. The van der Waals surface area contributed by atoms with Gasteiger partial charge >= 0.3 is 6.18 Å². The molecule has 1 saturated heterocycles. The fraction of sp³-hybridized carbons (Fsp3) is 0.562. The number of hydrazine groups is 1. The van der Waals surface area contributed by atoms with Crippen molar-refractivity contribution in [3.8, 4) is 0 Å². The van der Waals surface area contributed by atoms with Crippen LogP contribution in [0, 0.1) is 0 Å². The summed E-state index contributed by atoms with van der Waals surface area (Å²) in [5, 5.41) is 2.75. The molecule has 1 aromatic carbocycles. The number of rotatable bonds is 7. The Bertz CT molecular complexity index is 581. The van der Waals surface area contributed by atoms with E-state index in [-0.39, 0.29) is 17.1 Å². The molecule has 134 valence electrons. The van der Waals surface area contributed by atoms with Crippen molar-refractivity contribution in [2.45, 2.75) is 44.6 Å². The van der Waals surface area contributed by atoms with Gasteiger partial charge in [-0.1, -0.05) is 12.1 Å². The number of hydrogen-bond donors (Lipinski definition) is 3. The number of benzene rings is 1. The standard InChI is InChI=1S/C16H22F3N3O2/c1-4-24-14(2,3)9-10-20-13(23)11-5-7-12(8-6-11)15(21-22-15)16(17,18)19/h5-8,21-22H,4,9-10H2,1-3H3,(H,20,23). The van der Waals surface area contributed by atoms with E-state index in [4.69, 9.17) is 4.74 Å². The molecule has 0 atom stereocenters. The second-order valence-electron chi connectivity index (χ2n) is 6.27. The molecule has 5 nitrogen and oxygen atoms in total. The maximum atomic E-state index is 13.0. The largest absolute Gasteiger partial charge is 0.426 e. The maximum absolute atomic E-state index is 13.0. The molecule has 24 heavy (non-hydrogen) atoms. The first-order chi connectivity index (χ1) is 11.1. The third-order valence-corrected chi connectivity index (χ3v) is 3.93. The second kappa shape index (κ2) is 6.70. The van der Waals surface area contributed by atoms with Crippen LogP contribution in [0.25, 0.3) is 0 Å². The first-order valence-electron chi connectivity index (χ1n) is 7.75. The minimum Gasteiger partial charge on any atom is -0.376 e. The van der Waals surface area contributed by atoms with Crippen LogP contribution in [0.3, 0.4) is 0 Å². The number of nitrogens with one attached hydrogen (secondary N) is 3. The van der Waals surface area contributed by atoms with Crippen LogP contribution >= 0.6 is 0 Å². The van der Waals surface area contributed by atoms with Gasteiger partial charge in [0, 0.05) is 18.7 Å². The van der Waals surface area contributed by atoms with E-state index in [0.29, 0.717) is 25.1 Å². The number of hydrogen-bond acceptors (Lipinski definition) is 4. The third-order valence-electron chi connectivity index (χ3n) is 3.93. The van der Waals surface area contributed by atoms with Crippen molar-refractivity contribution < 1.29 is 22.7 Å². The van der Waals surface area contributed by atoms with E-state index < -0.39 is 11.8 Å². The van der Waals surface area contributed by atoms with Gasteiger partial charge in [-0.25, -0.2) is 10.9 Å². The monoisotopic (exact) mass is 345 g/mol. The quantitative estimate of drug-likeness (QED) is 0.663. The predicted octanol–water partition coefficient (Wildman–Crippen LogP) is 2.44. The van der Waals surface area contributed by atoms with E-state index in [1.165, 1.54) is 24.3 Å². The molecule has 0 aliphatic carbocycles. The fourth-order valence-electron chi connectivity index (χ4n) is 2.43. The zero-order valence-electron chi connectivity index (χ0n) is 13.9. The summed E-state index contributed by atoms with van der Waals surface area (Å²) in [4.78, 5) is 12.1. The highest BCUT2D eigenvalue weighted by Gasteiger charge is 2.65. The molecule has 1 aliphatic heterocycles. The average molecular weight is 345 g/mol. The van der Waals surface area contributed by atoms with Crippen molar-refractivity contribution >= 4 is 5.91 Å². The van der Waals surface area contributed by atoms with Crippen molar-refractivity contribution in [3.63, 3.8) is 0 Å². The zero-order valence-corrected chi connectivity index (χ0v) is 13.9. The Kier molecular flexibility index (Phi) is 5.22. The number of carbonyl (C=O) groups is 1. The Morgan fingerprint density at radius 3 is 2.25 bits per heavy atom. The fourth-order valence-corrected chi connectivity index (χ4v) is 2.43. The van der Waals surface area contributed by atoms with Gasteiger partial charge in [-0.05, 0) is 44.9 Å². The van der Waals surface area contributed by atoms with E-state index in [2.05, 4.69) is 16.2 Å². The van der Waals surface area contributed by atoms with Crippen LogP contribution in [0.5, 0.6) is 0 Å². The van der Waals surface area contributed by atoms with E-state index in [0.717, 1.165) is 0 Å². The molecule has 1 aromatic rings. The van der Waals surface area contributed by atoms with E-state index in [9.17, 15) is 18.0 Å². The van der Waals surface area contributed by atoms with Gasteiger partial charge in [0.2, 0.25) is 5.66 Å². The molecule has 0 radical (unpaired) electrons. The van der Waals surface area contributed by atoms with Gasteiger partial charge in [-0.3, -0.25) is 4.79 Å². The van der Waals surface area contributed by atoms with Gasteiger partial charge in [-0.15, -0.1) is 0 Å². The second-order valence-corrected chi connectivity index (χ2v) is 6.27. The molecular formula is C16H22F3N3O2. The van der Waals surface area contributed by atoms with Crippen molar-refractivity contribution in [3.05, 3.63) is 35.4 Å². The lowest BCUT2D eigenvalue weighted by atomic mass is 10.0. The van der Waals surface area contributed by atoms with Crippen LogP contribution in [0.1, 0.15) is 43.1 Å². The first kappa shape index (κ1) is 18.7. The molecule has 8 heteroatoms. The minimum absolute atomic E-state index is 0.0176. The van der Waals surface area contributed by atoms with Crippen LogP contribution in [0.4, 0.5) is 13.2 Å². The van der Waals surface area contributed by atoms with Crippen LogP contribution in [0.2, 0.25) is 0 Å². The summed E-state index contributed by atoms with van der Waals surface area (Å²) in [5.74, 6) is -0.327. The molecule has 1 amide bonds. The summed E-state index contributed by atoms with van der Waals surface area (Å²) in [6.45, 7) is 6.78. The number of halogens is 3. The Labute approximate surface area is 138 Å². The van der Waals surface area contributed by atoms with Crippen molar-refractivity contribution in [1.82, 2.24) is 16.2 Å². The van der Waals surface area contributed by atoms with Gasteiger partial charge in [0.15, 0.2) is 0 Å². The molecule has 3 N–H and O–H groups in total. The van der Waals surface area contributed by atoms with Gasteiger partial charge in [-0.2, -0.15) is 13.2 Å². The van der Waals surface area contributed by atoms with Gasteiger partial charge in [0.1, 0.15) is 0 Å². The molecule has 2 rings (SSSR count). The summed E-state index contributed by atoms with van der Waals surface area (Å²) < 4.78 is 44.4. The van der Waals surface area contributed by atoms with Crippen molar-refractivity contribution in [2.24, 2.45) is 0 Å². The summed E-state index contributed by atoms with van der Waals surface area (Å²) in [6, 6.07) is 5.35. The number of ether oxygens (including phenoxy) is 1. The molecule has 0 saturated carbocycles. The normalized spacial score (nSPS) is 16.8. The molecule has 0 bridgehead atoms. The molecule has 0 aromatic heterocycles. The van der Waals surface area contributed by atoms with E-state index >= 15 is 0 Å². The highest BCUT2D eigenvalue weighted by Crippen LogP contribution is 2.41. The molecule has 0 spiro atoms. The van der Waals surface area contributed by atoms with Gasteiger partial charge < -0.3 is 10.1 Å². The molecular weight excluding hydrogens is 323 g/mol. The van der Waals surface area contributed by atoms with Crippen LogP contribution in [-0.2, 0) is 10.4 Å². The predicted molar refractivity (Wildman–Crippen MR) is 83.1 cm³/mol. The van der Waals surface area contributed by atoms with Crippen LogP contribution in [-0.4, -0.2) is 30.8 Å². The number of carbonyl (C=O) groups excluding carboxylic acids is 1. The van der Waals surface area contributed by atoms with Crippen molar-refractivity contribution in [2.75, 3.05) is 13.2 Å². The lowest BCUT2D eigenvalue weighted by Gasteiger charge is -2.24. The Hall–Kier alpha value is -1.64. The minimum atomic E-state index is -4.46. The van der Waals surface area contributed by atoms with E-state index in [1.807, 2.05) is 20.8 Å². The summed E-state index contributed by atoms with van der Waals surface area (Å²) >= 11 is 0. The smallest absolute Gasteiger partial charge is 0.376 e.